The number of benzene rings is 2. The maximum Gasteiger partial charge on any atom is 0.203 e. The Hall–Kier alpha value is -1.25. The molecule has 3 nitrogen and oxygen atoms in total. The molecule has 110 valence electrons. The van der Waals surface area contributed by atoms with Gasteiger partial charge in [0.1, 0.15) is 0 Å². The Morgan fingerprint density at radius 3 is 2.55 bits per heavy atom. The predicted octanol–water partition coefficient (Wildman–Crippen LogP) is 5.62. The van der Waals surface area contributed by atoms with E-state index >= 15 is 0 Å². The summed E-state index contributed by atoms with van der Waals surface area (Å²) in [4.78, 5) is 4.54. The highest BCUT2D eigenvalue weighted by molar-refractivity contribution is 14.1. The third-order valence-corrected chi connectivity index (χ3v) is 4.88. The molecule has 0 spiro atoms. The van der Waals surface area contributed by atoms with Gasteiger partial charge in [0, 0.05) is 19.0 Å². The average Bonchev–Trinajstić information content (AvgIpc) is 2.99. The van der Waals surface area contributed by atoms with E-state index in [9.17, 15) is 0 Å². The Balaban J connectivity index is 1.66. The molecule has 2 aromatic carbocycles. The molecule has 0 aliphatic heterocycles. The number of hydrazone groups is 1. The molecule has 0 unspecified atom stereocenters. The maximum atomic E-state index is 4.54. The van der Waals surface area contributed by atoms with Crippen molar-refractivity contribution in [2.24, 2.45) is 5.10 Å². The Morgan fingerprint density at radius 2 is 1.82 bits per heavy atom. The highest BCUT2D eigenvalue weighted by atomic mass is 127. The molecule has 0 aliphatic carbocycles. The molecule has 1 heterocycles. The number of thiazole rings is 1. The van der Waals surface area contributed by atoms with Crippen LogP contribution in [0.5, 0.6) is 0 Å². The number of aromatic nitrogens is 1. The van der Waals surface area contributed by atoms with Crippen molar-refractivity contribution in [3.05, 3.63) is 67.5 Å². The van der Waals surface area contributed by atoms with Crippen LogP contribution in [0.1, 0.15) is 5.56 Å². The zero-order valence-corrected chi connectivity index (χ0v) is 15.9. The van der Waals surface area contributed by atoms with E-state index in [1.807, 2.05) is 29.6 Å². The van der Waals surface area contributed by atoms with Crippen LogP contribution < -0.4 is 5.43 Å². The van der Waals surface area contributed by atoms with Gasteiger partial charge in [0.25, 0.3) is 0 Å². The Morgan fingerprint density at radius 1 is 1.09 bits per heavy atom. The fourth-order valence-electron chi connectivity index (χ4n) is 1.79. The first kappa shape index (κ1) is 15.6. The van der Waals surface area contributed by atoms with Gasteiger partial charge in [0.05, 0.1) is 11.9 Å². The highest BCUT2D eigenvalue weighted by Gasteiger charge is 2.03. The molecule has 0 aliphatic rings. The van der Waals surface area contributed by atoms with Crippen LogP contribution in [-0.2, 0) is 0 Å². The van der Waals surface area contributed by atoms with Crippen LogP contribution in [0, 0.1) is 3.57 Å². The van der Waals surface area contributed by atoms with Gasteiger partial charge in [-0.1, -0.05) is 40.2 Å². The minimum absolute atomic E-state index is 0.780. The molecule has 1 N–H and O–H groups in total. The van der Waals surface area contributed by atoms with E-state index in [1.54, 1.807) is 17.6 Å². The lowest BCUT2D eigenvalue weighted by Crippen LogP contribution is -1.90. The normalized spacial score (nSPS) is 11.0. The standard InChI is InChI=1S/C16H11BrIN3S/c17-13-5-1-11(2-6-13)9-19-21-16-20-15(10-22-16)12-3-7-14(18)8-4-12/h1-10H,(H,20,21)/b19-9+. The summed E-state index contributed by atoms with van der Waals surface area (Å²) in [5.41, 5.74) is 6.08. The van der Waals surface area contributed by atoms with Gasteiger partial charge in [0.2, 0.25) is 5.13 Å². The molecule has 6 heteroatoms. The van der Waals surface area contributed by atoms with E-state index in [2.05, 4.69) is 78.3 Å². The summed E-state index contributed by atoms with van der Waals surface area (Å²) >= 11 is 7.25. The lowest BCUT2D eigenvalue weighted by molar-refractivity contribution is 1.29. The van der Waals surface area contributed by atoms with Crippen LogP contribution in [0.4, 0.5) is 5.13 Å². The molecule has 3 aromatic rings. The molecule has 0 fully saturated rings. The second-order valence-corrected chi connectivity index (χ2v) is 7.49. The first-order valence-corrected chi connectivity index (χ1v) is 9.22. The number of rotatable bonds is 4. The maximum absolute atomic E-state index is 4.54. The van der Waals surface area contributed by atoms with Crippen molar-refractivity contribution < 1.29 is 0 Å². The second-order valence-electron chi connectivity index (χ2n) is 4.47. The molecular weight excluding hydrogens is 473 g/mol. The Labute approximate surface area is 154 Å². The van der Waals surface area contributed by atoms with Crippen LogP contribution in [0.15, 0.2) is 63.5 Å². The SMILES string of the molecule is Brc1ccc(/C=N/Nc2nc(-c3ccc(I)cc3)cs2)cc1. The number of anilines is 1. The first-order chi connectivity index (χ1) is 10.7. The van der Waals surface area contributed by atoms with E-state index in [-0.39, 0.29) is 0 Å². The number of hydrogen-bond acceptors (Lipinski definition) is 4. The predicted molar refractivity (Wildman–Crippen MR) is 106 cm³/mol. The lowest BCUT2D eigenvalue weighted by Gasteiger charge is -1.97. The van der Waals surface area contributed by atoms with Crippen molar-refractivity contribution in [3.63, 3.8) is 0 Å². The number of nitrogens with zero attached hydrogens (tertiary/aromatic N) is 2. The van der Waals surface area contributed by atoms with Gasteiger partial charge in [-0.3, -0.25) is 5.43 Å². The van der Waals surface area contributed by atoms with Crippen molar-refractivity contribution in [2.45, 2.75) is 0 Å². The third kappa shape index (κ3) is 4.15. The Kier molecular flexibility index (Phi) is 5.22. The fourth-order valence-corrected chi connectivity index (χ4v) is 3.08. The van der Waals surface area contributed by atoms with Gasteiger partial charge < -0.3 is 0 Å². The first-order valence-electron chi connectivity index (χ1n) is 6.47. The fraction of sp³-hybridized carbons (Fsp3) is 0. The minimum atomic E-state index is 0.780. The summed E-state index contributed by atoms with van der Waals surface area (Å²) in [5.74, 6) is 0. The van der Waals surface area contributed by atoms with Crippen molar-refractivity contribution in [3.8, 4) is 11.3 Å². The molecule has 0 saturated heterocycles. The summed E-state index contributed by atoms with van der Waals surface area (Å²) in [7, 11) is 0. The van der Waals surface area contributed by atoms with E-state index in [4.69, 9.17) is 0 Å². The molecule has 22 heavy (non-hydrogen) atoms. The van der Waals surface area contributed by atoms with E-state index in [1.165, 1.54) is 3.57 Å². The third-order valence-electron chi connectivity index (χ3n) is 2.89. The van der Waals surface area contributed by atoms with E-state index in [0.717, 1.165) is 26.4 Å². The van der Waals surface area contributed by atoms with Crippen LogP contribution in [0.2, 0.25) is 0 Å². The zero-order chi connectivity index (χ0) is 15.4. The summed E-state index contributed by atoms with van der Waals surface area (Å²) in [6.07, 6.45) is 1.78. The molecule has 0 bridgehead atoms. The molecule has 0 amide bonds. The minimum Gasteiger partial charge on any atom is -0.253 e. The topological polar surface area (TPSA) is 37.3 Å². The Bertz CT molecular complexity index is 782. The van der Waals surface area contributed by atoms with Gasteiger partial charge in [-0.25, -0.2) is 4.98 Å². The molecule has 1 aromatic heterocycles. The number of hydrogen-bond donors (Lipinski definition) is 1. The summed E-state index contributed by atoms with van der Waals surface area (Å²) < 4.78 is 2.27. The molecular formula is C16H11BrIN3S. The number of nitrogens with one attached hydrogen (secondary N) is 1. The summed E-state index contributed by atoms with van der Waals surface area (Å²) in [6.45, 7) is 0. The van der Waals surface area contributed by atoms with Crippen LogP contribution in [-0.4, -0.2) is 11.2 Å². The highest BCUT2D eigenvalue weighted by Crippen LogP contribution is 2.25. The summed E-state index contributed by atoms with van der Waals surface area (Å²) in [5, 5.41) is 7.03. The van der Waals surface area contributed by atoms with Gasteiger partial charge in [-0.2, -0.15) is 5.10 Å². The average molecular weight is 484 g/mol. The van der Waals surface area contributed by atoms with Crippen LogP contribution in [0.3, 0.4) is 0 Å². The van der Waals surface area contributed by atoms with E-state index < -0.39 is 0 Å². The zero-order valence-electron chi connectivity index (χ0n) is 11.3. The second kappa shape index (κ2) is 7.34. The molecule has 3 rings (SSSR count). The van der Waals surface area contributed by atoms with Crippen molar-refractivity contribution in [1.29, 1.82) is 0 Å². The largest absolute Gasteiger partial charge is 0.253 e. The van der Waals surface area contributed by atoms with Gasteiger partial charge >= 0.3 is 0 Å². The lowest BCUT2D eigenvalue weighted by atomic mass is 10.2. The van der Waals surface area contributed by atoms with Crippen molar-refractivity contribution >= 4 is 61.2 Å². The van der Waals surface area contributed by atoms with Crippen molar-refractivity contribution in [2.75, 3.05) is 5.43 Å². The summed E-state index contributed by atoms with van der Waals surface area (Å²) in [6, 6.07) is 16.3. The molecule has 0 radical (unpaired) electrons. The van der Waals surface area contributed by atoms with E-state index in [0.29, 0.717) is 0 Å². The van der Waals surface area contributed by atoms with Gasteiger partial charge in [-0.15, -0.1) is 11.3 Å². The van der Waals surface area contributed by atoms with Crippen LogP contribution >= 0.6 is 49.9 Å². The van der Waals surface area contributed by atoms with Crippen LogP contribution in [0.25, 0.3) is 11.3 Å². The monoisotopic (exact) mass is 483 g/mol. The van der Waals surface area contributed by atoms with Crippen molar-refractivity contribution in [1.82, 2.24) is 4.98 Å². The smallest absolute Gasteiger partial charge is 0.203 e. The quantitative estimate of drug-likeness (QED) is 0.297. The van der Waals surface area contributed by atoms with Gasteiger partial charge in [-0.05, 0) is 52.4 Å². The number of halogens is 2. The molecule has 0 atom stereocenters. The molecule has 0 saturated carbocycles. The van der Waals surface area contributed by atoms with Gasteiger partial charge in [0.15, 0.2) is 0 Å².